The van der Waals surface area contributed by atoms with Crippen LogP contribution in [0.4, 0.5) is 5.95 Å². The quantitative estimate of drug-likeness (QED) is 0.595. The number of aryl methyl sites for hydroxylation is 1. The number of nitrogens with two attached hydrogens (primary N) is 1. The molecule has 2 rings (SSSR count). The van der Waals surface area contributed by atoms with Crippen LogP contribution in [0.1, 0.15) is 5.56 Å². The van der Waals surface area contributed by atoms with E-state index in [1.165, 1.54) is 0 Å². The molecule has 0 bridgehead atoms. The van der Waals surface area contributed by atoms with Gasteiger partial charge in [0.2, 0.25) is 5.95 Å². The first kappa shape index (κ1) is 6.15. The number of hydrogen-bond acceptors (Lipinski definition) is 3. The van der Waals surface area contributed by atoms with Gasteiger partial charge in [-0.3, -0.25) is 0 Å². The van der Waals surface area contributed by atoms with Crippen molar-refractivity contribution in [2.45, 2.75) is 6.92 Å². The molecule has 4 heteroatoms. The first-order valence-corrected chi connectivity index (χ1v) is 3.34. The molecule has 0 aliphatic rings. The highest BCUT2D eigenvalue weighted by molar-refractivity contribution is 5.54. The van der Waals surface area contributed by atoms with Gasteiger partial charge >= 0.3 is 0 Å². The van der Waals surface area contributed by atoms with Crippen molar-refractivity contribution < 1.29 is 0 Å². The predicted octanol–water partition coefficient (Wildman–Crippen LogP) is 0.620. The van der Waals surface area contributed by atoms with Crippen LogP contribution >= 0.6 is 0 Å². The number of hydrogen-bond donors (Lipinski definition) is 1. The zero-order valence-electron chi connectivity index (χ0n) is 6.15. The maximum atomic E-state index is 5.56. The molecule has 2 N–H and O–H groups in total. The Hall–Kier alpha value is -1.58. The Bertz CT molecular complexity index is 354. The van der Waals surface area contributed by atoms with E-state index in [0.717, 1.165) is 11.1 Å². The second-order valence-corrected chi connectivity index (χ2v) is 2.43. The van der Waals surface area contributed by atoms with Crippen molar-refractivity contribution >= 4 is 11.5 Å². The first-order chi connectivity index (χ1) is 5.29. The van der Waals surface area contributed by atoms with Crippen molar-refractivity contribution in [3.63, 3.8) is 0 Å². The molecule has 11 heavy (non-hydrogen) atoms. The Balaban J connectivity index is 2.96. The molecule has 0 aliphatic carbocycles. The molecule has 0 spiro atoms. The molecule has 0 aromatic carbocycles. The summed E-state index contributed by atoms with van der Waals surface area (Å²) < 4.78 is 1.62. The van der Waals surface area contributed by atoms with E-state index in [2.05, 4.69) is 10.1 Å². The Morgan fingerprint density at radius 1 is 1.55 bits per heavy atom. The molecule has 0 saturated carbocycles. The van der Waals surface area contributed by atoms with Gasteiger partial charge in [-0.05, 0) is 18.6 Å². The molecular weight excluding hydrogens is 140 g/mol. The molecule has 2 aromatic heterocycles. The summed E-state index contributed by atoms with van der Waals surface area (Å²) in [6.07, 6.45) is 3.45. The third-order valence-electron chi connectivity index (χ3n) is 1.65. The number of nitrogens with zero attached hydrogens (tertiary/aromatic N) is 3. The zero-order valence-corrected chi connectivity index (χ0v) is 6.15. The topological polar surface area (TPSA) is 56.2 Å². The molecule has 0 atom stereocenters. The fourth-order valence-corrected chi connectivity index (χ4v) is 1.07. The van der Waals surface area contributed by atoms with E-state index < -0.39 is 0 Å². The lowest BCUT2D eigenvalue weighted by atomic mass is 10.3. The summed E-state index contributed by atoms with van der Waals surface area (Å²) >= 11 is 0. The van der Waals surface area contributed by atoms with Crippen molar-refractivity contribution in [3.8, 4) is 0 Å². The Morgan fingerprint density at radius 3 is 3.09 bits per heavy atom. The van der Waals surface area contributed by atoms with Gasteiger partial charge in [0.05, 0.1) is 11.7 Å². The lowest BCUT2D eigenvalue weighted by Crippen LogP contribution is -2.01. The van der Waals surface area contributed by atoms with Crippen molar-refractivity contribution in [2.75, 3.05) is 5.73 Å². The SMILES string of the molecule is Cc1cnc(N)n2nccc12. The summed E-state index contributed by atoms with van der Waals surface area (Å²) in [7, 11) is 0. The second-order valence-electron chi connectivity index (χ2n) is 2.43. The maximum absolute atomic E-state index is 5.56. The van der Waals surface area contributed by atoms with Crippen LogP contribution in [0.2, 0.25) is 0 Å². The van der Waals surface area contributed by atoms with Crippen LogP contribution in [-0.4, -0.2) is 14.6 Å². The van der Waals surface area contributed by atoms with Gasteiger partial charge in [-0.2, -0.15) is 5.10 Å². The molecule has 0 fully saturated rings. The monoisotopic (exact) mass is 148 g/mol. The van der Waals surface area contributed by atoms with Gasteiger partial charge in [0.15, 0.2) is 0 Å². The van der Waals surface area contributed by atoms with Gasteiger partial charge in [0.1, 0.15) is 0 Å². The molecule has 2 heterocycles. The molecule has 0 unspecified atom stereocenters. The van der Waals surface area contributed by atoms with Crippen LogP contribution in [0.3, 0.4) is 0 Å². The maximum Gasteiger partial charge on any atom is 0.221 e. The number of nitrogen functional groups attached to an aromatic ring is 1. The van der Waals surface area contributed by atoms with Gasteiger partial charge in [-0.25, -0.2) is 9.50 Å². The van der Waals surface area contributed by atoms with Gasteiger partial charge in [0, 0.05) is 6.20 Å². The highest BCUT2D eigenvalue weighted by Crippen LogP contribution is 2.09. The standard InChI is InChI=1S/C7H8N4/c1-5-4-9-7(8)11-6(5)2-3-10-11/h2-4H,1H3,(H2,8,9). The van der Waals surface area contributed by atoms with E-state index in [1.54, 1.807) is 16.9 Å². The number of rotatable bonds is 0. The molecule has 0 amide bonds. The Labute approximate surface area is 63.7 Å². The average molecular weight is 148 g/mol. The molecule has 4 nitrogen and oxygen atoms in total. The lowest BCUT2D eigenvalue weighted by Gasteiger charge is -1.98. The van der Waals surface area contributed by atoms with Crippen LogP contribution in [0.15, 0.2) is 18.5 Å². The number of anilines is 1. The molecule has 0 saturated heterocycles. The van der Waals surface area contributed by atoms with Crippen LogP contribution in [0.25, 0.3) is 5.52 Å². The summed E-state index contributed by atoms with van der Waals surface area (Å²) in [5.74, 6) is 0.426. The van der Waals surface area contributed by atoms with Gasteiger partial charge in [-0.15, -0.1) is 0 Å². The third-order valence-corrected chi connectivity index (χ3v) is 1.65. The van der Waals surface area contributed by atoms with Gasteiger partial charge in [0.25, 0.3) is 0 Å². The highest BCUT2D eigenvalue weighted by Gasteiger charge is 2.00. The minimum Gasteiger partial charge on any atom is -0.368 e. The van der Waals surface area contributed by atoms with Crippen molar-refractivity contribution in [1.82, 2.24) is 14.6 Å². The van der Waals surface area contributed by atoms with E-state index in [-0.39, 0.29) is 0 Å². The largest absolute Gasteiger partial charge is 0.368 e. The van der Waals surface area contributed by atoms with Crippen LogP contribution in [-0.2, 0) is 0 Å². The first-order valence-electron chi connectivity index (χ1n) is 3.34. The van der Waals surface area contributed by atoms with Crippen LogP contribution in [0, 0.1) is 6.92 Å². The van der Waals surface area contributed by atoms with Gasteiger partial charge < -0.3 is 5.73 Å². The smallest absolute Gasteiger partial charge is 0.221 e. The third kappa shape index (κ3) is 0.756. The Morgan fingerprint density at radius 2 is 2.36 bits per heavy atom. The van der Waals surface area contributed by atoms with E-state index in [0.29, 0.717) is 5.95 Å². The van der Waals surface area contributed by atoms with Gasteiger partial charge in [-0.1, -0.05) is 0 Å². The van der Waals surface area contributed by atoms with E-state index >= 15 is 0 Å². The molecule has 0 radical (unpaired) electrons. The summed E-state index contributed by atoms with van der Waals surface area (Å²) in [4.78, 5) is 3.96. The normalized spacial score (nSPS) is 10.6. The van der Waals surface area contributed by atoms with Crippen LogP contribution < -0.4 is 5.73 Å². The predicted molar refractivity (Wildman–Crippen MR) is 42.1 cm³/mol. The van der Waals surface area contributed by atoms with Crippen LogP contribution in [0.5, 0.6) is 0 Å². The van der Waals surface area contributed by atoms with Crippen molar-refractivity contribution in [2.24, 2.45) is 0 Å². The second kappa shape index (κ2) is 1.95. The minimum atomic E-state index is 0.426. The Kier molecular flexibility index (Phi) is 1.09. The minimum absolute atomic E-state index is 0.426. The van der Waals surface area contributed by atoms with Crippen molar-refractivity contribution in [3.05, 3.63) is 24.0 Å². The fourth-order valence-electron chi connectivity index (χ4n) is 1.07. The molecule has 2 aromatic rings. The zero-order chi connectivity index (χ0) is 7.84. The van der Waals surface area contributed by atoms with E-state index in [9.17, 15) is 0 Å². The highest BCUT2D eigenvalue weighted by atomic mass is 15.3. The van der Waals surface area contributed by atoms with Crippen molar-refractivity contribution in [1.29, 1.82) is 0 Å². The average Bonchev–Trinajstić information content (AvgIpc) is 2.45. The summed E-state index contributed by atoms with van der Waals surface area (Å²) in [6, 6.07) is 1.91. The van der Waals surface area contributed by atoms with E-state index in [4.69, 9.17) is 5.73 Å². The summed E-state index contributed by atoms with van der Waals surface area (Å²) in [5.41, 5.74) is 7.65. The van der Waals surface area contributed by atoms with E-state index in [1.807, 2.05) is 13.0 Å². The molecular formula is C7H8N4. The summed E-state index contributed by atoms with van der Waals surface area (Å²) in [5, 5.41) is 4.01. The fraction of sp³-hybridized carbons (Fsp3) is 0.143. The summed E-state index contributed by atoms with van der Waals surface area (Å²) in [6.45, 7) is 1.98. The number of aromatic nitrogens is 3. The lowest BCUT2D eigenvalue weighted by molar-refractivity contribution is 0.932. The molecule has 0 aliphatic heterocycles. The number of fused-ring (bicyclic) bond motifs is 1. The molecule has 56 valence electrons.